The van der Waals surface area contributed by atoms with Crippen LogP contribution in [0.25, 0.3) is 0 Å². The summed E-state index contributed by atoms with van der Waals surface area (Å²) in [7, 11) is 0. The molecule has 1 unspecified atom stereocenters. The van der Waals surface area contributed by atoms with Gasteiger partial charge in [0.05, 0.1) is 0 Å². The van der Waals surface area contributed by atoms with Crippen LogP contribution < -0.4 is 10.6 Å². The topological polar surface area (TPSA) is 58.2 Å². The van der Waals surface area contributed by atoms with Gasteiger partial charge in [0.1, 0.15) is 5.82 Å². The van der Waals surface area contributed by atoms with E-state index in [0.717, 1.165) is 6.42 Å². The van der Waals surface area contributed by atoms with E-state index in [2.05, 4.69) is 10.6 Å². The Morgan fingerprint density at radius 2 is 1.70 bits per heavy atom. The van der Waals surface area contributed by atoms with E-state index in [1.54, 1.807) is 24.3 Å². The molecule has 0 aliphatic rings. The lowest BCUT2D eigenvalue weighted by Crippen LogP contribution is -2.32. The normalized spacial score (nSPS) is 11.6. The quantitative estimate of drug-likeness (QED) is 0.886. The molecule has 0 spiro atoms. The van der Waals surface area contributed by atoms with Gasteiger partial charge in [-0.05, 0) is 49.7 Å². The van der Waals surface area contributed by atoms with Crippen LogP contribution in [0.1, 0.15) is 41.0 Å². The van der Waals surface area contributed by atoms with E-state index < -0.39 is 11.7 Å². The van der Waals surface area contributed by atoms with Crippen LogP contribution in [-0.4, -0.2) is 17.9 Å². The Morgan fingerprint density at radius 3 is 2.35 bits per heavy atom. The molecule has 2 aromatic rings. The Morgan fingerprint density at radius 1 is 1.04 bits per heavy atom. The number of hydrogen-bond acceptors (Lipinski definition) is 2. The lowest BCUT2D eigenvalue weighted by atomic mass is 10.1. The van der Waals surface area contributed by atoms with Crippen LogP contribution in [0, 0.1) is 5.82 Å². The van der Waals surface area contributed by atoms with Crippen molar-refractivity contribution in [2.24, 2.45) is 0 Å². The molecule has 0 radical (unpaired) electrons. The molecule has 0 heterocycles. The lowest BCUT2D eigenvalue weighted by Gasteiger charge is -2.12. The van der Waals surface area contributed by atoms with E-state index in [-0.39, 0.29) is 11.9 Å². The van der Waals surface area contributed by atoms with Crippen molar-refractivity contribution in [3.8, 4) is 0 Å². The molecule has 0 bridgehead atoms. The number of anilines is 1. The number of halogens is 1. The fourth-order valence-electron chi connectivity index (χ4n) is 1.98. The van der Waals surface area contributed by atoms with Crippen molar-refractivity contribution in [2.45, 2.75) is 26.3 Å². The maximum Gasteiger partial charge on any atom is 0.255 e. The summed E-state index contributed by atoms with van der Waals surface area (Å²) >= 11 is 0. The number of carbonyl (C=O) groups is 2. The lowest BCUT2D eigenvalue weighted by molar-refractivity contribution is 0.0939. The Balaban J connectivity index is 2.12. The third-order valence-electron chi connectivity index (χ3n) is 3.46. The first-order chi connectivity index (χ1) is 11.0. The van der Waals surface area contributed by atoms with Gasteiger partial charge >= 0.3 is 0 Å². The van der Waals surface area contributed by atoms with Crippen LogP contribution in [0.3, 0.4) is 0 Å². The van der Waals surface area contributed by atoms with E-state index in [1.807, 2.05) is 13.8 Å². The Hall–Kier alpha value is -2.69. The minimum Gasteiger partial charge on any atom is -0.350 e. The highest BCUT2D eigenvalue weighted by Crippen LogP contribution is 2.12. The molecule has 0 fully saturated rings. The van der Waals surface area contributed by atoms with Gasteiger partial charge in [0, 0.05) is 22.9 Å². The van der Waals surface area contributed by atoms with Gasteiger partial charge in [0.15, 0.2) is 0 Å². The Bertz CT molecular complexity index is 716. The maximum atomic E-state index is 13.1. The summed E-state index contributed by atoms with van der Waals surface area (Å²) in [6.45, 7) is 3.90. The number of benzene rings is 2. The van der Waals surface area contributed by atoms with Crippen LogP contribution in [0.5, 0.6) is 0 Å². The highest BCUT2D eigenvalue weighted by atomic mass is 19.1. The summed E-state index contributed by atoms with van der Waals surface area (Å²) < 4.78 is 13.1. The van der Waals surface area contributed by atoms with Gasteiger partial charge in [-0.2, -0.15) is 0 Å². The summed E-state index contributed by atoms with van der Waals surface area (Å²) in [5, 5.41) is 5.46. The fraction of sp³-hybridized carbons (Fsp3) is 0.222. The minimum atomic E-state index is -0.426. The molecule has 0 saturated heterocycles. The second-order valence-electron chi connectivity index (χ2n) is 5.33. The van der Waals surface area contributed by atoms with Gasteiger partial charge in [0.25, 0.3) is 11.8 Å². The van der Waals surface area contributed by atoms with Crippen molar-refractivity contribution in [3.63, 3.8) is 0 Å². The molecule has 4 nitrogen and oxygen atoms in total. The molecular formula is C18H19FN2O2. The predicted molar refractivity (Wildman–Crippen MR) is 88.0 cm³/mol. The van der Waals surface area contributed by atoms with Gasteiger partial charge in [-0.1, -0.05) is 19.1 Å². The SMILES string of the molecule is CCC(C)NC(=O)c1cccc(C(=O)Nc2cccc(F)c2)c1. The maximum absolute atomic E-state index is 13.1. The standard InChI is InChI=1S/C18H19FN2O2/c1-3-12(2)20-17(22)13-6-4-7-14(10-13)18(23)21-16-9-5-8-15(19)11-16/h4-12H,3H2,1-2H3,(H,20,22)(H,21,23). The second-order valence-corrected chi connectivity index (χ2v) is 5.33. The molecule has 1 atom stereocenters. The molecule has 2 rings (SSSR count). The van der Waals surface area contributed by atoms with E-state index in [4.69, 9.17) is 0 Å². The van der Waals surface area contributed by atoms with Crippen molar-refractivity contribution in [3.05, 3.63) is 65.5 Å². The Kier molecular flexibility index (Phi) is 5.46. The third kappa shape index (κ3) is 4.64. The van der Waals surface area contributed by atoms with Crippen molar-refractivity contribution >= 4 is 17.5 Å². The van der Waals surface area contributed by atoms with Gasteiger partial charge < -0.3 is 10.6 Å². The first-order valence-corrected chi connectivity index (χ1v) is 7.47. The number of nitrogens with one attached hydrogen (secondary N) is 2. The Labute approximate surface area is 134 Å². The number of amides is 2. The van der Waals surface area contributed by atoms with Gasteiger partial charge in [-0.3, -0.25) is 9.59 Å². The van der Waals surface area contributed by atoms with Crippen molar-refractivity contribution in [1.29, 1.82) is 0 Å². The summed E-state index contributed by atoms with van der Waals surface area (Å²) in [4.78, 5) is 24.3. The molecule has 5 heteroatoms. The van der Waals surface area contributed by atoms with Crippen LogP contribution in [0.15, 0.2) is 48.5 Å². The number of hydrogen-bond donors (Lipinski definition) is 2. The zero-order valence-electron chi connectivity index (χ0n) is 13.1. The highest BCUT2D eigenvalue weighted by molar-refractivity contribution is 6.06. The average Bonchev–Trinajstić information content (AvgIpc) is 2.54. The molecular weight excluding hydrogens is 295 g/mol. The minimum absolute atomic E-state index is 0.0623. The summed E-state index contributed by atoms with van der Waals surface area (Å²) in [6, 6.07) is 12.1. The van der Waals surface area contributed by atoms with Crippen LogP contribution in [0.4, 0.5) is 10.1 Å². The predicted octanol–water partition coefficient (Wildman–Crippen LogP) is 3.61. The van der Waals surface area contributed by atoms with Gasteiger partial charge in [-0.15, -0.1) is 0 Å². The first-order valence-electron chi connectivity index (χ1n) is 7.47. The average molecular weight is 314 g/mol. The molecule has 0 aliphatic carbocycles. The monoisotopic (exact) mass is 314 g/mol. The summed E-state index contributed by atoms with van der Waals surface area (Å²) in [5.74, 6) is -1.04. The molecule has 2 aromatic carbocycles. The fourth-order valence-corrected chi connectivity index (χ4v) is 1.98. The van der Waals surface area contributed by atoms with E-state index >= 15 is 0 Å². The zero-order valence-corrected chi connectivity index (χ0v) is 13.1. The van der Waals surface area contributed by atoms with E-state index in [1.165, 1.54) is 24.3 Å². The van der Waals surface area contributed by atoms with Crippen molar-refractivity contribution in [2.75, 3.05) is 5.32 Å². The highest BCUT2D eigenvalue weighted by Gasteiger charge is 2.12. The van der Waals surface area contributed by atoms with Crippen molar-refractivity contribution in [1.82, 2.24) is 5.32 Å². The zero-order chi connectivity index (χ0) is 16.8. The second kappa shape index (κ2) is 7.54. The van der Waals surface area contributed by atoms with Crippen LogP contribution >= 0.6 is 0 Å². The van der Waals surface area contributed by atoms with Gasteiger partial charge in [-0.25, -0.2) is 4.39 Å². The van der Waals surface area contributed by atoms with Crippen LogP contribution in [-0.2, 0) is 0 Å². The largest absolute Gasteiger partial charge is 0.350 e. The molecule has 0 saturated carbocycles. The van der Waals surface area contributed by atoms with Crippen LogP contribution in [0.2, 0.25) is 0 Å². The smallest absolute Gasteiger partial charge is 0.255 e. The third-order valence-corrected chi connectivity index (χ3v) is 3.46. The number of carbonyl (C=O) groups excluding carboxylic acids is 2. The molecule has 0 aliphatic heterocycles. The first kappa shape index (κ1) is 16.7. The van der Waals surface area contributed by atoms with E-state index in [9.17, 15) is 14.0 Å². The molecule has 2 amide bonds. The van der Waals surface area contributed by atoms with Crippen molar-refractivity contribution < 1.29 is 14.0 Å². The molecule has 120 valence electrons. The summed E-state index contributed by atoms with van der Waals surface area (Å²) in [6.07, 6.45) is 0.825. The molecule has 23 heavy (non-hydrogen) atoms. The summed E-state index contributed by atoms with van der Waals surface area (Å²) in [5.41, 5.74) is 1.12. The van der Waals surface area contributed by atoms with Gasteiger partial charge in [0.2, 0.25) is 0 Å². The molecule has 2 N–H and O–H groups in total. The number of rotatable bonds is 5. The molecule has 0 aromatic heterocycles. The van der Waals surface area contributed by atoms with E-state index in [0.29, 0.717) is 16.8 Å².